The molecule has 0 spiro atoms. The number of rotatable bonds is 6. The summed E-state index contributed by atoms with van der Waals surface area (Å²) in [5.41, 5.74) is 3.25. The molecule has 33 heavy (non-hydrogen) atoms. The van der Waals surface area contributed by atoms with Gasteiger partial charge in [0.1, 0.15) is 31.1 Å². The Bertz CT molecular complexity index is 1320. The second kappa shape index (κ2) is 9.30. The highest BCUT2D eigenvalue weighted by Crippen LogP contribution is 2.31. The zero-order chi connectivity index (χ0) is 22.6. The van der Waals surface area contributed by atoms with E-state index in [1.165, 1.54) is 6.33 Å². The second-order valence-corrected chi connectivity index (χ2v) is 7.96. The molecule has 1 aliphatic rings. The Hall–Kier alpha value is -3.91. The molecule has 4 aromatic rings. The van der Waals surface area contributed by atoms with Gasteiger partial charge in [0.2, 0.25) is 0 Å². The molecule has 1 atom stereocenters. The minimum absolute atomic E-state index is 0.147. The Morgan fingerprint density at radius 1 is 1.03 bits per heavy atom. The number of aromatic nitrogens is 3. The molecule has 166 valence electrons. The van der Waals surface area contributed by atoms with Crippen LogP contribution in [0.15, 0.2) is 72.1 Å². The van der Waals surface area contributed by atoms with Gasteiger partial charge in [0.15, 0.2) is 0 Å². The smallest absolute Gasteiger partial charge is 0.289 e. The Balaban J connectivity index is 1.34. The normalized spacial score (nSPS) is 15.1. The van der Waals surface area contributed by atoms with Gasteiger partial charge in [-0.05, 0) is 55.5 Å². The lowest BCUT2D eigenvalue weighted by Gasteiger charge is -2.12. The lowest BCUT2D eigenvalue weighted by atomic mass is 10.2. The minimum atomic E-state index is 0.147. The predicted molar refractivity (Wildman–Crippen MR) is 129 cm³/mol. The fourth-order valence-electron chi connectivity index (χ4n) is 3.37. The summed E-state index contributed by atoms with van der Waals surface area (Å²) < 4.78 is 11.3. The number of hydrogen-bond acceptors (Lipinski definition) is 8. The molecular weight excluding hydrogens is 440 g/mol. The van der Waals surface area contributed by atoms with E-state index in [0.29, 0.717) is 35.8 Å². The molecule has 0 saturated heterocycles. The minimum Gasteiger partial charge on any atom is -0.486 e. The van der Waals surface area contributed by atoms with Crippen molar-refractivity contribution in [1.82, 2.24) is 15.0 Å². The number of ether oxygens (including phenoxy) is 2. The summed E-state index contributed by atoms with van der Waals surface area (Å²) in [6.45, 7) is 2.92. The number of benzene rings is 2. The molecule has 1 aliphatic heterocycles. The second-order valence-electron chi connectivity index (χ2n) is 7.55. The number of pyridine rings is 1. The lowest BCUT2D eigenvalue weighted by Crippen LogP contribution is -2.11. The first kappa shape index (κ1) is 21.0. The average molecular weight is 461 g/mol. The molecule has 0 fully saturated rings. The third-order valence-electron chi connectivity index (χ3n) is 4.98. The van der Waals surface area contributed by atoms with Gasteiger partial charge in [-0.25, -0.2) is 15.0 Å². The van der Waals surface area contributed by atoms with Crippen LogP contribution in [0.2, 0.25) is 5.02 Å². The van der Waals surface area contributed by atoms with Gasteiger partial charge in [0, 0.05) is 23.0 Å². The maximum absolute atomic E-state index is 6.46. The first-order chi connectivity index (χ1) is 16.1. The molecule has 2 N–H and O–H groups in total. The maximum atomic E-state index is 6.46. The molecule has 5 rings (SSSR count). The van der Waals surface area contributed by atoms with E-state index in [2.05, 4.69) is 30.6 Å². The van der Waals surface area contributed by atoms with Crippen LogP contribution in [0.5, 0.6) is 5.75 Å². The van der Waals surface area contributed by atoms with Crippen LogP contribution >= 0.6 is 11.6 Å². The highest BCUT2D eigenvalue weighted by molar-refractivity contribution is 6.32. The maximum Gasteiger partial charge on any atom is 0.289 e. The Kier molecular flexibility index (Phi) is 5.91. The van der Waals surface area contributed by atoms with Crippen LogP contribution in [0.1, 0.15) is 12.6 Å². The molecule has 2 aromatic carbocycles. The van der Waals surface area contributed by atoms with Crippen molar-refractivity contribution in [2.45, 2.75) is 19.6 Å². The highest BCUT2D eigenvalue weighted by atomic mass is 35.5. The van der Waals surface area contributed by atoms with Crippen LogP contribution in [-0.4, -0.2) is 33.6 Å². The van der Waals surface area contributed by atoms with Gasteiger partial charge in [0.25, 0.3) is 6.02 Å². The molecule has 0 unspecified atom stereocenters. The van der Waals surface area contributed by atoms with Crippen molar-refractivity contribution in [3.05, 3.63) is 77.8 Å². The molecular formula is C24H21ClN6O2. The van der Waals surface area contributed by atoms with Crippen LogP contribution in [0, 0.1) is 0 Å². The van der Waals surface area contributed by atoms with Crippen LogP contribution in [0.3, 0.4) is 0 Å². The predicted octanol–water partition coefficient (Wildman–Crippen LogP) is 5.19. The zero-order valence-electron chi connectivity index (χ0n) is 17.8. The van der Waals surface area contributed by atoms with Gasteiger partial charge in [-0.2, -0.15) is 0 Å². The van der Waals surface area contributed by atoms with Gasteiger partial charge in [-0.3, -0.25) is 4.98 Å². The number of fused-ring (bicyclic) bond motifs is 1. The van der Waals surface area contributed by atoms with E-state index in [1.54, 1.807) is 12.3 Å². The van der Waals surface area contributed by atoms with Crippen molar-refractivity contribution in [2.75, 3.05) is 17.2 Å². The van der Waals surface area contributed by atoms with Gasteiger partial charge in [-0.1, -0.05) is 17.7 Å². The van der Waals surface area contributed by atoms with Crippen molar-refractivity contribution < 1.29 is 9.47 Å². The number of anilines is 3. The Morgan fingerprint density at radius 3 is 2.70 bits per heavy atom. The highest BCUT2D eigenvalue weighted by Gasteiger charge is 2.15. The molecule has 0 bridgehead atoms. The topological polar surface area (TPSA) is 93.5 Å². The van der Waals surface area contributed by atoms with Crippen LogP contribution in [-0.2, 0) is 11.3 Å². The SMILES string of the molecule is C[C@@H]1COC(Nc2ccc3ncnc(Nc4ccc(OCc5ccccn5)c(Cl)c4)c3c2)=N1. The molecule has 0 amide bonds. The van der Waals surface area contributed by atoms with E-state index in [-0.39, 0.29) is 6.04 Å². The van der Waals surface area contributed by atoms with Crippen LogP contribution in [0.25, 0.3) is 10.9 Å². The standard InChI is InChI=1S/C24H21ClN6O2/c1-15-12-33-24(29-15)31-16-5-7-21-19(10-16)23(28-14-27-21)30-17-6-8-22(20(25)11-17)32-13-18-4-2-3-9-26-18/h2-11,14-15H,12-13H2,1H3,(H,29,31)(H,27,28,30)/t15-/m1/s1. The molecule has 0 saturated carbocycles. The number of amidine groups is 1. The Labute approximate surface area is 195 Å². The number of halogens is 1. The van der Waals surface area contributed by atoms with Crippen LogP contribution < -0.4 is 15.4 Å². The number of nitrogens with one attached hydrogen (secondary N) is 2. The van der Waals surface area contributed by atoms with E-state index in [4.69, 9.17) is 21.1 Å². The quantitative estimate of drug-likeness (QED) is 0.409. The fourth-order valence-corrected chi connectivity index (χ4v) is 3.60. The van der Waals surface area contributed by atoms with Gasteiger partial charge in [0.05, 0.1) is 22.3 Å². The monoisotopic (exact) mass is 460 g/mol. The van der Waals surface area contributed by atoms with E-state index in [1.807, 2.05) is 55.5 Å². The summed E-state index contributed by atoms with van der Waals surface area (Å²) in [6.07, 6.45) is 3.25. The first-order valence-electron chi connectivity index (χ1n) is 10.5. The molecule has 3 heterocycles. The summed E-state index contributed by atoms with van der Waals surface area (Å²) in [4.78, 5) is 17.4. The first-order valence-corrected chi connectivity index (χ1v) is 10.8. The molecule has 8 nitrogen and oxygen atoms in total. The molecule has 0 radical (unpaired) electrons. The van der Waals surface area contributed by atoms with Crippen molar-refractivity contribution in [3.8, 4) is 5.75 Å². The van der Waals surface area contributed by atoms with Crippen molar-refractivity contribution in [1.29, 1.82) is 0 Å². The third-order valence-corrected chi connectivity index (χ3v) is 5.28. The van der Waals surface area contributed by atoms with Crippen LogP contribution in [0.4, 0.5) is 17.2 Å². The summed E-state index contributed by atoms with van der Waals surface area (Å²) >= 11 is 6.46. The molecule has 0 aliphatic carbocycles. The van der Waals surface area contributed by atoms with Crippen molar-refractivity contribution in [3.63, 3.8) is 0 Å². The largest absolute Gasteiger partial charge is 0.486 e. The van der Waals surface area contributed by atoms with Gasteiger partial charge in [-0.15, -0.1) is 0 Å². The van der Waals surface area contributed by atoms with E-state index < -0.39 is 0 Å². The average Bonchev–Trinajstić information content (AvgIpc) is 3.24. The lowest BCUT2D eigenvalue weighted by molar-refractivity contribution is 0.301. The number of aliphatic imine (C=N–C) groups is 1. The zero-order valence-corrected chi connectivity index (χ0v) is 18.6. The molecule has 9 heteroatoms. The summed E-state index contributed by atoms with van der Waals surface area (Å²) in [7, 11) is 0. The summed E-state index contributed by atoms with van der Waals surface area (Å²) in [6, 6.07) is 17.7. The number of hydrogen-bond donors (Lipinski definition) is 2. The van der Waals surface area contributed by atoms with E-state index in [9.17, 15) is 0 Å². The third kappa shape index (κ3) is 4.96. The van der Waals surface area contributed by atoms with Crippen molar-refractivity contribution >= 4 is 45.7 Å². The van der Waals surface area contributed by atoms with E-state index in [0.717, 1.165) is 28.0 Å². The molecule has 2 aromatic heterocycles. The summed E-state index contributed by atoms with van der Waals surface area (Å²) in [5, 5.41) is 7.86. The Morgan fingerprint density at radius 2 is 1.91 bits per heavy atom. The van der Waals surface area contributed by atoms with Gasteiger partial charge >= 0.3 is 0 Å². The van der Waals surface area contributed by atoms with E-state index >= 15 is 0 Å². The fraction of sp³-hybridized carbons (Fsp3) is 0.167. The summed E-state index contributed by atoms with van der Waals surface area (Å²) in [5.74, 6) is 1.24. The number of nitrogens with zero attached hydrogens (tertiary/aromatic N) is 4. The van der Waals surface area contributed by atoms with Gasteiger partial charge < -0.3 is 20.1 Å². The van der Waals surface area contributed by atoms with Crippen molar-refractivity contribution in [2.24, 2.45) is 4.99 Å².